The molecule has 1 saturated carbocycles. The zero-order valence-electron chi connectivity index (χ0n) is 17.0. The van der Waals surface area contributed by atoms with E-state index in [0.29, 0.717) is 25.3 Å². The first-order chi connectivity index (χ1) is 13.3. The summed E-state index contributed by atoms with van der Waals surface area (Å²) in [4.78, 5) is 28.9. The Morgan fingerprint density at radius 1 is 1.29 bits per heavy atom. The van der Waals surface area contributed by atoms with Gasteiger partial charge in [0, 0.05) is 0 Å². The van der Waals surface area contributed by atoms with Crippen molar-refractivity contribution in [1.82, 2.24) is 10.2 Å². The Labute approximate surface area is 166 Å². The lowest BCUT2D eigenvalue weighted by molar-refractivity contribution is -0.856. The summed E-state index contributed by atoms with van der Waals surface area (Å²) in [5, 5.41) is 2.91. The number of hydrogen-bond acceptors (Lipinski definition) is 3. The van der Waals surface area contributed by atoms with Crippen LogP contribution in [0.25, 0.3) is 0 Å². The number of hydrogen-bond donors (Lipinski definition) is 2. The van der Waals surface area contributed by atoms with E-state index in [9.17, 15) is 14.0 Å². The SMILES string of the molecule is CC1CCC2(CC1)OC[C@H](C(=O)NCC[NH+](C)C)N2C(=O)c1ccccc1F. The van der Waals surface area contributed by atoms with Crippen LogP contribution in [0, 0.1) is 11.7 Å². The number of likely N-dealkylation sites (N-methyl/N-ethyl adjacent to an activating group) is 1. The molecule has 1 aliphatic carbocycles. The van der Waals surface area contributed by atoms with E-state index >= 15 is 0 Å². The second-order valence-corrected chi connectivity index (χ2v) is 8.36. The first-order valence-corrected chi connectivity index (χ1v) is 10.1. The van der Waals surface area contributed by atoms with Crippen molar-refractivity contribution >= 4 is 11.8 Å². The highest BCUT2D eigenvalue weighted by molar-refractivity contribution is 5.98. The zero-order chi connectivity index (χ0) is 20.3. The average Bonchev–Trinajstić information content (AvgIpc) is 3.03. The van der Waals surface area contributed by atoms with Crippen molar-refractivity contribution in [3.8, 4) is 0 Å². The summed E-state index contributed by atoms with van der Waals surface area (Å²) in [7, 11) is 4.02. The van der Waals surface area contributed by atoms with E-state index in [1.165, 1.54) is 21.9 Å². The molecule has 28 heavy (non-hydrogen) atoms. The predicted molar refractivity (Wildman–Crippen MR) is 103 cm³/mol. The van der Waals surface area contributed by atoms with Crippen LogP contribution < -0.4 is 10.2 Å². The lowest BCUT2D eigenvalue weighted by Gasteiger charge is -2.43. The van der Waals surface area contributed by atoms with Crippen LogP contribution in [0.2, 0.25) is 0 Å². The quantitative estimate of drug-likeness (QED) is 0.781. The van der Waals surface area contributed by atoms with Gasteiger partial charge in [-0.3, -0.25) is 14.5 Å². The van der Waals surface area contributed by atoms with E-state index in [2.05, 4.69) is 12.2 Å². The summed E-state index contributed by atoms with van der Waals surface area (Å²) >= 11 is 0. The lowest BCUT2D eigenvalue weighted by Crippen LogP contribution is -3.06. The van der Waals surface area contributed by atoms with Crippen LogP contribution in [-0.4, -0.2) is 62.3 Å². The molecule has 2 amide bonds. The minimum atomic E-state index is -0.819. The van der Waals surface area contributed by atoms with Gasteiger partial charge in [0.05, 0.1) is 39.4 Å². The van der Waals surface area contributed by atoms with Crippen molar-refractivity contribution in [3.05, 3.63) is 35.6 Å². The van der Waals surface area contributed by atoms with Gasteiger partial charge in [0.15, 0.2) is 0 Å². The summed E-state index contributed by atoms with van der Waals surface area (Å²) in [5.74, 6) is -0.727. The van der Waals surface area contributed by atoms with Crippen LogP contribution in [-0.2, 0) is 9.53 Å². The van der Waals surface area contributed by atoms with E-state index < -0.39 is 23.5 Å². The number of nitrogens with zero attached hydrogens (tertiary/aromatic N) is 1. The Balaban J connectivity index is 1.86. The van der Waals surface area contributed by atoms with Gasteiger partial charge < -0.3 is 15.0 Å². The molecule has 1 spiro atoms. The third kappa shape index (κ3) is 4.20. The minimum absolute atomic E-state index is 0.0125. The van der Waals surface area contributed by atoms with Gasteiger partial charge in [0.1, 0.15) is 17.6 Å². The maximum absolute atomic E-state index is 14.3. The number of carbonyl (C=O) groups excluding carboxylic acids is 2. The normalized spacial score (nSPS) is 27.4. The van der Waals surface area contributed by atoms with Gasteiger partial charge in [0.2, 0.25) is 5.91 Å². The van der Waals surface area contributed by atoms with Gasteiger partial charge in [-0.05, 0) is 43.7 Å². The van der Waals surface area contributed by atoms with Gasteiger partial charge in [-0.1, -0.05) is 19.1 Å². The number of quaternary nitrogens is 1. The fourth-order valence-electron chi connectivity index (χ4n) is 4.10. The molecule has 1 saturated heterocycles. The maximum atomic E-state index is 14.3. The van der Waals surface area contributed by atoms with E-state index in [1.807, 2.05) is 14.1 Å². The average molecular weight is 392 g/mol. The Kier molecular flexibility index (Phi) is 6.35. The number of halogens is 1. The highest BCUT2D eigenvalue weighted by Crippen LogP contribution is 2.43. The van der Waals surface area contributed by atoms with Crippen molar-refractivity contribution in [2.45, 2.75) is 44.4 Å². The Bertz CT molecular complexity index is 717. The molecule has 2 aliphatic rings. The first kappa shape index (κ1) is 20.7. The molecule has 3 rings (SSSR count). The molecule has 1 aliphatic heterocycles. The van der Waals surface area contributed by atoms with Gasteiger partial charge in [-0.25, -0.2) is 4.39 Å². The number of rotatable bonds is 5. The molecule has 6 nitrogen and oxygen atoms in total. The fourth-order valence-corrected chi connectivity index (χ4v) is 4.10. The van der Waals surface area contributed by atoms with Crippen LogP contribution >= 0.6 is 0 Å². The molecule has 0 radical (unpaired) electrons. The Hall–Kier alpha value is -1.99. The largest absolute Gasteiger partial charge is 0.353 e. The Morgan fingerprint density at radius 2 is 1.96 bits per heavy atom. The van der Waals surface area contributed by atoms with Gasteiger partial charge in [0.25, 0.3) is 5.91 Å². The van der Waals surface area contributed by atoms with Crippen LogP contribution in [0.1, 0.15) is 43.0 Å². The number of ether oxygens (including phenoxy) is 1. The molecule has 0 aromatic heterocycles. The van der Waals surface area contributed by atoms with Crippen molar-refractivity contribution < 1.29 is 23.6 Å². The third-order valence-electron chi connectivity index (χ3n) is 5.87. The van der Waals surface area contributed by atoms with Gasteiger partial charge >= 0.3 is 0 Å². The fraction of sp³-hybridized carbons (Fsp3) is 0.619. The van der Waals surface area contributed by atoms with Crippen molar-refractivity contribution in [2.24, 2.45) is 5.92 Å². The number of amides is 2. The lowest BCUT2D eigenvalue weighted by atomic mass is 9.83. The van der Waals surface area contributed by atoms with Crippen molar-refractivity contribution in [2.75, 3.05) is 33.8 Å². The first-order valence-electron chi connectivity index (χ1n) is 10.1. The summed E-state index contributed by atoms with van der Waals surface area (Å²) in [6, 6.07) is 5.20. The molecular weight excluding hydrogens is 361 g/mol. The minimum Gasteiger partial charge on any atom is -0.353 e. The van der Waals surface area contributed by atoms with Crippen LogP contribution in [0.4, 0.5) is 4.39 Å². The molecular formula is C21H31FN3O3+. The van der Waals surface area contributed by atoms with Crippen LogP contribution in [0.3, 0.4) is 0 Å². The molecule has 154 valence electrons. The van der Waals surface area contributed by atoms with Crippen molar-refractivity contribution in [3.63, 3.8) is 0 Å². The van der Waals surface area contributed by atoms with Crippen LogP contribution in [0.15, 0.2) is 24.3 Å². The molecule has 1 heterocycles. The summed E-state index contributed by atoms with van der Waals surface area (Å²) in [6.07, 6.45) is 3.17. The zero-order valence-corrected chi connectivity index (χ0v) is 17.0. The topological polar surface area (TPSA) is 63.1 Å². The standard InChI is InChI=1S/C21H30FN3O3/c1-15-8-10-21(11-9-15)25(20(27)16-6-4-5-7-17(16)22)18(14-28-21)19(26)23-12-13-24(2)3/h4-7,15,18H,8-14H2,1-3H3,(H,23,26)/p+1/t15?,18-,21?/m1/s1. The summed E-state index contributed by atoms with van der Waals surface area (Å²) in [5.41, 5.74) is -0.831. The molecule has 1 aromatic carbocycles. The monoisotopic (exact) mass is 392 g/mol. The molecule has 0 unspecified atom stereocenters. The van der Waals surface area contributed by atoms with E-state index in [0.717, 1.165) is 19.4 Å². The summed E-state index contributed by atoms with van der Waals surface area (Å²) in [6.45, 7) is 3.63. The second-order valence-electron chi connectivity index (χ2n) is 8.36. The number of nitrogens with one attached hydrogen (secondary N) is 2. The molecule has 2 N–H and O–H groups in total. The van der Waals surface area contributed by atoms with Crippen LogP contribution in [0.5, 0.6) is 0 Å². The molecule has 1 atom stereocenters. The highest BCUT2D eigenvalue weighted by atomic mass is 19.1. The second kappa shape index (κ2) is 8.57. The van der Waals surface area contributed by atoms with E-state index in [-0.39, 0.29) is 18.1 Å². The molecule has 2 fully saturated rings. The smallest absolute Gasteiger partial charge is 0.259 e. The molecule has 1 aromatic rings. The maximum Gasteiger partial charge on any atom is 0.259 e. The van der Waals surface area contributed by atoms with E-state index in [1.54, 1.807) is 12.1 Å². The summed E-state index contributed by atoms with van der Waals surface area (Å²) < 4.78 is 20.4. The van der Waals surface area contributed by atoms with Crippen molar-refractivity contribution in [1.29, 1.82) is 0 Å². The number of carbonyl (C=O) groups is 2. The third-order valence-corrected chi connectivity index (χ3v) is 5.87. The molecule has 0 bridgehead atoms. The highest BCUT2D eigenvalue weighted by Gasteiger charge is 2.53. The Morgan fingerprint density at radius 3 is 2.61 bits per heavy atom. The molecule has 7 heteroatoms. The van der Waals surface area contributed by atoms with E-state index in [4.69, 9.17) is 4.74 Å². The van der Waals surface area contributed by atoms with Gasteiger partial charge in [-0.15, -0.1) is 0 Å². The van der Waals surface area contributed by atoms with Gasteiger partial charge in [-0.2, -0.15) is 0 Å². The predicted octanol–water partition coefficient (Wildman–Crippen LogP) is 0.834. The number of benzene rings is 1.